The number of rotatable bonds is 6. The maximum atomic E-state index is 12.8. The molecule has 0 aliphatic carbocycles. The van der Waals surface area contributed by atoms with Gasteiger partial charge in [0.2, 0.25) is 5.91 Å². The van der Waals surface area contributed by atoms with Crippen molar-refractivity contribution >= 4 is 16.7 Å². The van der Waals surface area contributed by atoms with Crippen LogP contribution in [-0.4, -0.2) is 35.8 Å². The van der Waals surface area contributed by atoms with Gasteiger partial charge in [-0.3, -0.25) is 9.69 Å². The fraction of sp³-hybridized carbons (Fsp3) is 0.261. The normalized spacial score (nSPS) is 12.3. The molecule has 0 aromatic heterocycles. The number of hydrogen-bond donors (Lipinski definition) is 0. The number of amides is 1. The molecule has 0 saturated carbocycles. The molecular weight excluding hydrogens is 320 g/mol. The lowest BCUT2D eigenvalue weighted by atomic mass is 10.1. The fourth-order valence-electron chi connectivity index (χ4n) is 3.20. The van der Waals surface area contributed by atoms with Crippen molar-refractivity contribution in [3.05, 3.63) is 83.9 Å². The second kappa shape index (κ2) is 8.15. The zero-order chi connectivity index (χ0) is 18.5. The first-order valence-electron chi connectivity index (χ1n) is 9.01. The monoisotopic (exact) mass is 346 g/mol. The topological polar surface area (TPSA) is 23.6 Å². The number of hydrogen-bond acceptors (Lipinski definition) is 2. The highest BCUT2D eigenvalue weighted by Crippen LogP contribution is 2.17. The first-order valence-corrected chi connectivity index (χ1v) is 9.01. The van der Waals surface area contributed by atoms with Gasteiger partial charge in [-0.25, -0.2) is 0 Å². The molecule has 0 fully saturated rings. The molecule has 0 bridgehead atoms. The summed E-state index contributed by atoms with van der Waals surface area (Å²) in [5, 5.41) is 2.48. The fourth-order valence-corrected chi connectivity index (χ4v) is 3.20. The highest BCUT2D eigenvalue weighted by Gasteiger charge is 2.21. The summed E-state index contributed by atoms with van der Waals surface area (Å²) in [4.78, 5) is 16.7. The lowest BCUT2D eigenvalue weighted by Crippen LogP contribution is -2.43. The van der Waals surface area contributed by atoms with Crippen molar-refractivity contribution in [1.82, 2.24) is 9.80 Å². The first kappa shape index (κ1) is 18.2. The Hall–Kier alpha value is -2.65. The van der Waals surface area contributed by atoms with E-state index in [2.05, 4.69) is 47.4 Å². The van der Waals surface area contributed by atoms with Crippen LogP contribution >= 0.6 is 0 Å². The molecule has 3 rings (SSSR count). The van der Waals surface area contributed by atoms with Gasteiger partial charge in [0.1, 0.15) is 0 Å². The number of nitrogens with zero attached hydrogens (tertiary/aromatic N) is 2. The van der Waals surface area contributed by atoms with Crippen LogP contribution in [0, 0.1) is 0 Å². The standard InChI is InChI=1S/C23H26N2O/c1-18(23(26)25(3)16-19-9-5-4-6-10-19)24(2)17-20-13-14-21-11-7-8-12-22(21)15-20/h4-15,18H,16-17H2,1-3H3/t18-/m1/s1. The summed E-state index contributed by atoms with van der Waals surface area (Å²) in [6.45, 7) is 3.36. The van der Waals surface area contributed by atoms with Crippen molar-refractivity contribution in [2.45, 2.75) is 26.1 Å². The molecular formula is C23H26N2O. The smallest absolute Gasteiger partial charge is 0.239 e. The Balaban J connectivity index is 1.64. The van der Waals surface area contributed by atoms with E-state index < -0.39 is 0 Å². The molecule has 1 atom stereocenters. The Bertz CT molecular complexity index is 876. The van der Waals surface area contributed by atoms with Gasteiger partial charge in [-0.1, -0.05) is 66.7 Å². The van der Waals surface area contributed by atoms with Crippen molar-refractivity contribution in [3.63, 3.8) is 0 Å². The van der Waals surface area contributed by atoms with Gasteiger partial charge in [0, 0.05) is 20.1 Å². The van der Waals surface area contributed by atoms with Gasteiger partial charge >= 0.3 is 0 Å². The molecule has 0 heterocycles. The van der Waals surface area contributed by atoms with Gasteiger partial charge in [0.15, 0.2) is 0 Å². The van der Waals surface area contributed by atoms with Crippen LogP contribution in [0.1, 0.15) is 18.1 Å². The number of carbonyl (C=O) groups excluding carboxylic acids is 1. The maximum absolute atomic E-state index is 12.8. The third-order valence-electron chi connectivity index (χ3n) is 4.90. The molecule has 0 saturated heterocycles. The highest BCUT2D eigenvalue weighted by molar-refractivity contribution is 5.83. The van der Waals surface area contributed by atoms with Crippen LogP contribution in [0.4, 0.5) is 0 Å². The van der Waals surface area contributed by atoms with Crippen LogP contribution in [0.2, 0.25) is 0 Å². The summed E-state index contributed by atoms with van der Waals surface area (Å²) in [6.07, 6.45) is 0. The van der Waals surface area contributed by atoms with E-state index in [4.69, 9.17) is 0 Å². The van der Waals surface area contributed by atoms with Gasteiger partial charge in [-0.15, -0.1) is 0 Å². The van der Waals surface area contributed by atoms with E-state index in [0.29, 0.717) is 6.54 Å². The van der Waals surface area contributed by atoms with Gasteiger partial charge < -0.3 is 4.90 Å². The molecule has 134 valence electrons. The summed E-state index contributed by atoms with van der Waals surface area (Å²) in [7, 11) is 3.88. The van der Waals surface area contributed by atoms with Crippen LogP contribution in [0.5, 0.6) is 0 Å². The number of benzene rings is 3. The number of carbonyl (C=O) groups is 1. The summed E-state index contributed by atoms with van der Waals surface area (Å²) in [5.74, 6) is 0.136. The third kappa shape index (κ3) is 4.30. The van der Waals surface area contributed by atoms with Gasteiger partial charge in [-0.05, 0) is 41.9 Å². The summed E-state index contributed by atoms with van der Waals surface area (Å²) in [5.41, 5.74) is 2.37. The Morgan fingerprint density at radius 2 is 1.46 bits per heavy atom. The summed E-state index contributed by atoms with van der Waals surface area (Å²) in [6, 6.07) is 24.8. The largest absolute Gasteiger partial charge is 0.340 e. The molecule has 26 heavy (non-hydrogen) atoms. The van der Waals surface area contributed by atoms with Crippen LogP contribution in [-0.2, 0) is 17.9 Å². The highest BCUT2D eigenvalue weighted by atomic mass is 16.2. The lowest BCUT2D eigenvalue weighted by molar-refractivity contribution is -0.135. The number of likely N-dealkylation sites (N-methyl/N-ethyl adjacent to an activating group) is 2. The van der Waals surface area contributed by atoms with Gasteiger partial charge in [-0.2, -0.15) is 0 Å². The minimum absolute atomic E-state index is 0.136. The molecule has 0 unspecified atom stereocenters. The molecule has 0 radical (unpaired) electrons. The molecule has 0 spiro atoms. The SMILES string of the molecule is C[C@H](C(=O)N(C)Cc1ccccc1)N(C)Cc1ccc2ccccc2c1. The molecule has 3 nitrogen and oxygen atoms in total. The zero-order valence-electron chi connectivity index (χ0n) is 15.7. The van der Waals surface area contributed by atoms with E-state index in [1.54, 1.807) is 4.90 Å². The second-order valence-corrected chi connectivity index (χ2v) is 6.95. The predicted octanol–water partition coefficient (Wildman–Crippen LogP) is 4.32. The van der Waals surface area contributed by atoms with Crippen LogP contribution in [0.25, 0.3) is 10.8 Å². The van der Waals surface area contributed by atoms with Gasteiger partial charge in [0.05, 0.1) is 6.04 Å². The van der Waals surface area contributed by atoms with Gasteiger partial charge in [0.25, 0.3) is 0 Å². The Morgan fingerprint density at radius 1 is 0.808 bits per heavy atom. The van der Waals surface area contributed by atoms with Crippen molar-refractivity contribution < 1.29 is 4.79 Å². The first-order chi connectivity index (χ1) is 12.5. The average Bonchev–Trinajstić information content (AvgIpc) is 2.67. The van der Waals surface area contributed by atoms with Crippen molar-refractivity contribution in [2.24, 2.45) is 0 Å². The zero-order valence-corrected chi connectivity index (χ0v) is 15.7. The van der Waals surface area contributed by atoms with Crippen molar-refractivity contribution in [1.29, 1.82) is 0 Å². The lowest BCUT2D eigenvalue weighted by Gasteiger charge is -2.28. The van der Waals surface area contributed by atoms with Crippen LogP contribution in [0.3, 0.4) is 0 Å². The van der Waals surface area contributed by atoms with E-state index in [9.17, 15) is 4.79 Å². The molecule has 3 aromatic rings. The van der Waals surface area contributed by atoms with E-state index in [0.717, 1.165) is 12.1 Å². The molecule has 0 aliphatic heterocycles. The average molecular weight is 346 g/mol. The second-order valence-electron chi connectivity index (χ2n) is 6.95. The Kier molecular flexibility index (Phi) is 5.69. The quantitative estimate of drug-likeness (QED) is 0.664. The van der Waals surface area contributed by atoms with E-state index in [1.807, 2.05) is 51.4 Å². The molecule has 0 N–H and O–H groups in total. The summed E-state index contributed by atoms with van der Waals surface area (Å²) >= 11 is 0. The minimum atomic E-state index is -0.171. The van der Waals surface area contributed by atoms with Crippen molar-refractivity contribution in [3.8, 4) is 0 Å². The van der Waals surface area contributed by atoms with E-state index >= 15 is 0 Å². The Morgan fingerprint density at radius 3 is 2.19 bits per heavy atom. The minimum Gasteiger partial charge on any atom is -0.340 e. The Labute approximate surface area is 155 Å². The third-order valence-corrected chi connectivity index (χ3v) is 4.90. The van der Waals surface area contributed by atoms with Crippen LogP contribution < -0.4 is 0 Å². The van der Waals surface area contributed by atoms with E-state index in [1.165, 1.54) is 16.3 Å². The molecule has 1 amide bonds. The van der Waals surface area contributed by atoms with E-state index in [-0.39, 0.29) is 11.9 Å². The summed E-state index contributed by atoms with van der Waals surface area (Å²) < 4.78 is 0. The van der Waals surface area contributed by atoms with Crippen LogP contribution in [0.15, 0.2) is 72.8 Å². The predicted molar refractivity (Wildman–Crippen MR) is 108 cm³/mol. The molecule has 3 heteroatoms. The number of fused-ring (bicyclic) bond motifs is 1. The maximum Gasteiger partial charge on any atom is 0.239 e. The molecule has 0 aliphatic rings. The molecule has 3 aromatic carbocycles. The van der Waals surface area contributed by atoms with Crippen molar-refractivity contribution in [2.75, 3.05) is 14.1 Å².